The lowest BCUT2D eigenvalue weighted by Crippen LogP contribution is -2.20. The zero-order valence-electron chi connectivity index (χ0n) is 13.8. The van der Waals surface area contributed by atoms with E-state index in [1.54, 1.807) is 6.20 Å². The number of nitrogens with one attached hydrogen (secondary N) is 1. The molecule has 2 heterocycles. The van der Waals surface area contributed by atoms with Crippen LogP contribution < -0.4 is 10.9 Å². The van der Waals surface area contributed by atoms with E-state index < -0.39 is 0 Å². The van der Waals surface area contributed by atoms with Crippen molar-refractivity contribution in [1.29, 1.82) is 0 Å². The van der Waals surface area contributed by atoms with Gasteiger partial charge in [-0.3, -0.25) is 9.36 Å². The maximum absolute atomic E-state index is 12.7. The highest BCUT2D eigenvalue weighted by Crippen LogP contribution is 2.20. The molecule has 0 radical (unpaired) electrons. The molecule has 4 rings (SSSR count). The van der Waals surface area contributed by atoms with E-state index in [4.69, 9.17) is 6.42 Å². The molecule has 0 unspecified atom stereocenters. The van der Waals surface area contributed by atoms with Crippen LogP contribution in [0.2, 0.25) is 0 Å². The molecule has 4 aromatic rings. The second-order valence-electron chi connectivity index (χ2n) is 5.63. The summed E-state index contributed by atoms with van der Waals surface area (Å²) in [6.07, 6.45) is 7.21. The van der Waals surface area contributed by atoms with Gasteiger partial charge in [0, 0.05) is 23.5 Å². The van der Waals surface area contributed by atoms with Gasteiger partial charge in [0.25, 0.3) is 5.56 Å². The van der Waals surface area contributed by atoms with E-state index in [0.717, 1.165) is 11.4 Å². The molecule has 5 heteroatoms. The van der Waals surface area contributed by atoms with Crippen LogP contribution in [-0.4, -0.2) is 14.5 Å². The van der Waals surface area contributed by atoms with Crippen molar-refractivity contribution >= 4 is 22.7 Å². The standard InChI is InChI=1S/C21H14N4O/c1-2-15-13-19(26)25(17-11-7-4-8-12-17)20-18(15)14-22-21(24-20)23-16-9-5-3-6-10-16/h1,3-14H,(H,22,23,24). The van der Waals surface area contributed by atoms with Crippen LogP contribution >= 0.6 is 0 Å². The molecule has 124 valence electrons. The van der Waals surface area contributed by atoms with E-state index in [0.29, 0.717) is 22.5 Å². The van der Waals surface area contributed by atoms with E-state index in [1.807, 2.05) is 60.7 Å². The predicted octanol–water partition coefficient (Wildman–Crippen LogP) is 3.51. The summed E-state index contributed by atoms with van der Waals surface area (Å²) in [5, 5.41) is 3.79. The Labute approximate surface area is 150 Å². The summed E-state index contributed by atoms with van der Waals surface area (Å²) in [6, 6.07) is 20.3. The number of para-hydroxylation sites is 2. The number of fused-ring (bicyclic) bond motifs is 1. The molecule has 0 aliphatic carbocycles. The number of nitrogens with zero attached hydrogens (tertiary/aromatic N) is 3. The van der Waals surface area contributed by atoms with Crippen molar-refractivity contribution < 1.29 is 0 Å². The minimum atomic E-state index is -0.235. The zero-order chi connectivity index (χ0) is 17.9. The predicted molar refractivity (Wildman–Crippen MR) is 103 cm³/mol. The number of aromatic nitrogens is 3. The monoisotopic (exact) mass is 338 g/mol. The molecule has 0 amide bonds. The van der Waals surface area contributed by atoms with Gasteiger partial charge in [0.2, 0.25) is 5.95 Å². The lowest BCUT2D eigenvalue weighted by atomic mass is 10.2. The smallest absolute Gasteiger partial charge is 0.258 e. The summed E-state index contributed by atoms with van der Waals surface area (Å²) in [7, 11) is 0. The van der Waals surface area contributed by atoms with E-state index in [1.165, 1.54) is 10.6 Å². The molecule has 26 heavy (non-hydrogen) atoms. The number of rotatable bonds is 3. The fourth-order valence-corrected chi connectivity index (χ4v) is 2.76. The Kier molecular flexibility index (Phi) is 3.92. The third-order valence-corrected chi connectivity index (χ3v) is 3.96. The number of terminal acetylenes is 1. The van der Waals surface area contributed by atoms with Gasteiger partial charge >= 0.3 is 0 Å². The number of benzene rings is 2. The van der Waals surface area contributed by atoms with Crippen LogP contribution in [0, 0.1) is 12.3 Å². The van der Waals surface area contributed by atoms with Gasteiger partial charge in [-0.1, -0.05) is 42.3 Å². The van der Waals surface area contributed by atoms with Gasteiger partial charge in [0.05, 0.1) is 11.1 Å². The third-order valence-electron chi connectivity index (χ3n) is 3.96. The van der Waals surface area contributed by atoms with Crippen molar-refractivity contribution in [2.24, 2.45) is 0 Å². The quantitative estimate of drug-likeness (QED) is 0.581. The largest absolute Gasteiger partial charge is 0.324 e. The average Bonchev–Trinajstić information content (AvgIpc) is 2.68. The van der Waals surface area contributed by atoms with E-state index >= 15 is 0 Å². The Balaban J connectivity index is 1.95. The topological polar surface area (TPSA) is 59.8 Å². The number of pyridine rings is 1. The molecule has 2 aromatic carbocycles. The second-order valence-corrected chi connectivity index (χ2v) is 5.63. The van der Waals surface area contributed by atoms with Gasteiger partial charge in [-0.15, -0.1) is 6.42 Å². The van der Waals surface area contributed by atoms with Gasteiger partial charge in [0.1, 0.15) is 0 Å². The molecule has 0 spiro atoms. The third kappa shape index (κ3) is 2.80. The average molecular weight is 338 g/mol. The van der Waals surface area contributed by atoms with Crippen LogP contribution in [0.5, 0.6) is 0 Å². The number of hydrogen-bond acceptors (Lipinski definition) is 4. The number of anilines is 2. The summed E-state index contributed by atoms with van der Waals surface area (Å²) >= 11 is 0. The molecule has 0 aliphatic rings. The lowest BCUT2D eigenvalue weighted by Gasteiger charge is -2.12. The van der Waals surface area contributed by atoms with Gasteiger partial charge in [-0.25, -0.2) is 4.98 Å². The van der Waals surface area contributed by atoms with Crippen molar-refractivity contribution in [2.75, 3.05) is 5.32 Å². The van der Waals surface area contributed by atoms with Gasteiger partial charge in [-0.2, -0.15) is 4.98 Å². The summed E-state index contributed by atoms with van der Waals surface area (Å²) in [5.41, 5.74) is 2.28. The Bertz CT molecular complexity index is 1180. The van der Waals surface area contributed by atoms with Crippen LogP contribution in [0.3, 0.4) is 0 Å². The summed E-state index contributed by atoms with van der Waals surface area (Å²) < 4.78 is 1.54. The highest BCUT2D eigenvalue weighted by molar-refractivity contribution is 5.83. The molecular weight excluding hydrogens is 324 g/mol. The second kappa shape index (κ2) is 6.54. The van der Waals surface area contributed by atoms with Crippen molar-refractivity contribution in [1.82, 2.24) is 14.5 Å². The van der Waals surface area contributed by atoms with Crippen molar-refractivity contribution in [2.45, 2.75) is 0 Å². The first kappa shape index (κ1) is 15.6. The molecular formula is C21H14N4O. The first-order chi connectivity index (χ1) is 12.8. The zero-order valence-corrected chi connectivity index (χ0v) is 13.8. The molecule has 0 saturated carbocycles. The van der Waals surface area contributed by atoms with Crippen molar-refractivity contribution in [3.05, 3.63) is 88.8 Å². The molecule has 1 N–H and O–H groups in total. The highest BCUT2D eigenvalue weighted by Gasteiger charge is 2.12. The fraction of sp³-hybridized carbons (Fsp3) is 0. The van der Waals surface area contributed by atoms with Crippen LogP contribution in [0.4, 0.5) is 11.6 Å². The van der Waals surface area contributed by atoms with Crippen molar-refractivity contribution in [3.63, 3.8) is 0 Å². The summed E-state index contributed by atoms with van der Waals surface area (Å²) in [4.78, 5) is 21.6. The molecule has 0 fully saturated rings. The first-order valence-corrected chi connectivity index (χ1v) is 8.03. The normalized spacial score (nSPS) is 10.4. The molecule has 0 aliphatic heterocycles. The minimum Gasteiger partial charge on any atom is -0.324 e. The van der Waals surface area contributed by atoms with Crippen LogP contribution in [0.1, 0.15) is 5.56 Å². The molecule has 0 bridgehead atoms. The maximum Gasteiger partial charge on any atom is 0.258 e. The molecule has 0 atom stereocenters. The van der Waals surface area contributed by atoms with E-state index in [9.17, 15) is 4.79 Å². The van der Waals surface area contributed by atoms with E-state index in [-0.39, 0.29) is 5.56 Å². The van der Waals surface area contributed by atoms with Crippen LogP contribution in [-0.2, 0) is 0 Å². The fourth-order valence-electron chi connectivity index (χ4n) is 2.76. The lowest BCUT2D eigenvalue weighted by molar-refractivity contribution is 1.00. The summed E-state index contributed by atoms with van der Waals surface area (Å²) in [6.45, 7) is 0. The Morgan fingerprint density at radius 3 is 2.38 bits per heavy atom. The number of hydrogen-bond donors (Lipinski definition) is 1. The van der Waals surface area contributed by atoms with Gasteiger partial charge in [0.15, 0.2) is 5.65 Å². The molecule has 2 aromatic heterocycles. The highest BCUT2D eigenvalue weighted by atomic mass is 16.1. The van der Waals surface area contributed by atoms with E-state index in [2.05, 4.69) is 21.2 Å². The van der Waals surface area contributed by atoms with Gasteiger partial charge < -0.3 is 5.32 Å². The first-order valence-electron chi connectivity index (χ1n) is 8.03. The molecule has 0 saturated heterocycles. The minimum absolute atomic E-state index is 0.235. The molecule has 5 nitrogen and oxygen atoms in total. The Hall–Kier alpha value is -3.91. The van der Waals surface area contributed by atoms with Crippen LogP contribution in [0.15, 0.2) is 77.7 Å². The van der Waals surface area contributed by atoms with Crippen LogP contribution in [0.25, 0.3) is 16.7 Å². The SMILES string of the molecule is C#Cc1cc(=O)n(-c2ccccc2)c2nc(Nc3ccccc3)ncc12. The maximum atomic E-state index is 12.7. The van der Waals surface area contributed by atoms with Gasteiger partial charge in [-0.05, 0) is 24.3 Å². The Morgan fingerprint density at radius 1 is 1.00 bits per heavy atom. The van der Waals surface area contributed by atoms with Crippen molar-refractivity contribution in [3.8, 4) is 18.0 Å². The summed E-state index contributed by atoms with van der Waals surface area (Å²) in [5.74, 6) is 2.94. The Morgan fingerprint density at radius 2 is 1.69 bits per heavy atom.